The van der Waals surface area contributed by atoms with Crippen LogP contribution in [-0.4, -0.2) is 21.7 Å². The van der Waals surface area contributed by atoms with Crippen molar-refractivity contribution in [2.45, 2.75) is 33.4 Å². The van der Waals surface area contributed by atoms with Crippen LogP contribution in [0.3, 0.4) is 0 Å². The van der Waals surface area contributed by atoms with Gasteiger partial charge >= 0.3 is 0 Å². The molecule has 18 heavy (non-hydrogen) atoms. The molecule has 1 amide bonds. The predicted octanol–water partition coefficient (Wildman–Crippen LogP) is 2.77. The second-order valence-electron chi connectivity index (χ2n) is 4.34. The zero-order chi connectivity index (χ0) is 13.1. The predicted molar refractivity (Wildman–Crippen MR) is 73.8 cm³/mol. The Kier molecular flexibility index (Phi) is 3.81. The summed E-state index contributed by atoms with van der Waals surface area (Å²) in [6, 6.07) is 5.98. The first-order chi connectivity index (χ1) is 8.61. The molecule has 1 N–H and O–H groups in total. The first kappa shape index (κ1) is 12.8. The molecule has 0 aliphatic heterocycles. The van der Waals surface area contributed by atoms with Crippen molar-refractivity contribution in [2.24, 2.45) is 0 Å². The Morgan fingerprint density at radius 1 is 1.56 bits per heavy atom. The molecule has 0 bridgehead atoms. The van der Waals surface area contributed by atoms with Gasteiger partial charge in [0.2, 0.25) is 0 Å². The molecule has 0 fully saturated rings. The highest BCUT2D eigenvalue weighted by Crippen LogP contribution is 2.24. The van der Waals surface area contributed by atoms with Crippen molar-refractivity contribution >= 4 is 17.2 Å². The van der Waals surface area contributed by atoms with Gasteiger partial charge in [-0.05, 0) is 38.3 Å². The highest BCUT2D eigenvalue weighted by molar-refractivity contribution is 7.13. The minimum absolute atomic E-state index is 0.0674. The van der Waals surface area contributed by atoms with Crippen LogP contribution in [0.1, 0.15) is 31.3 Å². The van der Waals surface area contributed by atoms with Crippen LogP contribution in [0.25, 0.3) is 10.6 Å². The lowest BCUT2D eigenvalue weighted by Crippen LogP contribution is -2.31. The van der Waals surface area contributed by atoms with Gasteiger partial charge in [-0.3, -0.25) is 9.48 Å². The van der Waals surface area contributed by atoms with Crippen LogP contribution in [0.2, 0.25) is 0 Å². The van der Waals surface area contributed by atoms with Crippen LogP contribution in [0, 0.1) is 0 Å². The van der Waals surface area contributed by atoms with Crippen molar-refractivity contribution in [2.75, 3.05) is 0 Å². The van der Waals surface area contributed by atoms with Crippen molar-refractivity contribution in [3.8, 4) is 10.6 Å². The fourth-order valence-electron chi connectivity index (χ4n) is 1.72. The Hall–Kier alpha value is -1.62. The van der Waals surface area contributed by atoms with Crippen LogP contribution >= 0.6 is 11.3 Å². The Morgan fingerprint density at radius 2 is 2.33 bits per heavy atom. The topological polar surface area (TPSA) is 46.9 Å². The van der Waals surface area contributed by atoms with E-state index in [9.17, 15) is 4.79 Å². The summed E-state index contributed by atoms with van der Waals surface area (Å²) in [5.41, 5.74) is 1.48. The van der Waals surface area contributed by atoms with E-state index in [0.717, 1.165) is 10.6 Å². The van der Waals surface area contributed by atoms with Crippen molar-refractivity contribution in [1.82, 2.24) is 15.1 Å². The second-order valence-corrected chi connectivity index (χ2v) is 5.28. The number of nitrogens with one attached hydrogen (secondary N) is 1. The number of hydrogen-bond acceptors (Lipinski definition) is 3. The standard InChI is InChI=1S/C13H17N3OS/c1-4-16-11(13(17)14-9(2)3)8-10(15-16)12-6-5-7-18-12/h5-9H,4H2,1-3H3,(H,14,17). The third-order valence-electron chi connectivity index (χ3n) is 2.51. The molecule has 4 nitrogen and oxygen atoms in total. The van der Waals surface area contributed by atoms with E-state index in [4.69, 9.17) is 0 Å². The van der Waals surface area contributed by atoms with Crippen LogP contribution in [0.15, 0.2) is 23.6 Å². The molecule has 0 aromatic carbocycles. The molecular formula is C13H17N3OS. The van der Waals surface area contributed by atoms with Gasteiger partial charge in [0, 0.05) is 12.6 Å². The maximum atomic E-state index is 12.0. The molecule has 0 spiro atoms. The van der Waals surface area contributed by atoms with Gasteiger partial charge in [0.05, 0.1) is 4.88 Å². The van der Waals surface area contributed by atoms with Gasteiger partial charge in [0.1, 0.15) is 11.4 Å². The Labute approximate surface area is 111 Å². The highest BCUT2D eigenvalue weighted by atomic mass is 32.1. The summed E-state index contributed by atoms with van der Waals surface area (Å²) in [5.74, 6) is -0.0674. The number of amides is 1. The first-order valence-corrected chi connectivity index (χ1v) is 6.92. The molecule has 2 rings (SSSR count). The normalized spacial score (nSPS) is 10.9. The molecular weight excluding hydrogens is 246 g/mol. The summed E-state index contributed by atoms with van der Waals surface area (Å²) < 4.78 is 1.74. The average molecular weight is 263 g/mol. The number of carbonyl (C=O) groups is 1. The van der Waals surface area contributed by atoms with Gasteiger partial charge in [-0.15, -0.1) is 11.3 Å². The zero-order valence-electron chi connectivity index (χ0n) is 10.8. The fraction of sp³-hybridized carbons (Fsp3) is 0.385. The molecule has 0 atom stereocenters. The molecule has 0 unspecified atom stereocenters. The number of thiophene rings is 1. The third kappa shape index (κ3) is 2.61. The first-order valence-electron chi connectivity index (χ1n) is 6.04. The average Bonchev–Trinajstić information content (AvgIpc) is 2.96. The molecule has 0 aliphatic carbocycles. The van der Waals surface area contributed by atoms with E-state index >= 15 is 0 Å². The lowest BCUT2D eigenvalue weighted by Gasteiger charge is -2.08. The van der Waals surface area contributed by atoms with E-state index in [0.29, 0.717) is 12.2 Å². The molecule has 2 aromatic heterocycles. The Bertz CT molecular complexity index is 528. The van der Waals surface area contributed by atoms with Crippen molar-refractivity contribution < 1.29 is 4.79 Å². The molecule has 0 aliphatic rings. The maximum Gasteiger partial charge on any atom is 0.269 e. The Morgan fingerprint density at radius 3 is 2.89 bits per heavy atom. The number of aromatic nitrogens is 2. The summed E-state index contributed by atoms with van der Waals surface area (Å²) in [4.78, 5) is 13.1. The van der Waals surface area contributed by atoms with E-state index in [-0.39, 0.29) is 11.9 Å². The van der Waals surface area contributed by atoms with Gasteiger partial charge < -0.3 is 5.32 Å². The van der Waals surface area contributed by atoms with Crippen LogP contribution in [-0.2, 0) is 6.54 Å². The van der Waals surface area contributed by atoms with Gasteiger partial charge in [0.15, 0.2) is 0 Å². The summed E-state index contributed by atoms with van der Waals surface area (Å²) in [6.07, 6.45) is 0. The van der Waals surface area contributed by atoms with Gasteiger partial charge in [-0.25, -0.2) is 0 Å². The summed E-state index contributed by atoms with van der Waals surface area (Å²) in [7, 11) is 0. The Balaban J connectivity index is 2.33. The number of nitrogens with zero attached hydrogens (tertiary/aromatic N) is 2. The summed E-state index contributed by atoms with van der Waals surface area (Å²) >= 11 is 1.63. The molecule has 2 heterocycles. The number of aryl methyl sites for hydroxylation is 1. The van der Waals surface area contributed by atoms with Crippen LogP contribution < -0.4 is 5.32 Å². The molecule has 0 saturated carbocycles. The second kappa shape index (κ2) is 5.35. The lowest BCUT2D eigenvalue weighted by atomic mass is 10.3. The van der Waals surface area contributed by atoms with E-state index < -0.39 is 0 Å². The summed E-state index contributed by atoms with van der Waals surface area (Å²) in [5, 5.41) is 9.37. The molecule has 96 valence electrons. The largest absolute Gasteiger partial charge is 0.349 e. The van der Waals surface area contributed by atoms with Gasteiger partial charge in [-0.2, -0.15) is 5.10 Å². The molecule has 5 heteroatoms. The van der Waals surface area contributed by atoms with E-state index in [2.05, 4.69) is 10.4 Å². The fourth-order valence-corrected chi connectivity index (χ4v) is 2.40. The number of rotatable bonds is 4. The molecule has 0 radical (unpaired) electrons. The molecule has 2 aromatic rings. The van der Waals surface area contributed by atoms with E-state index in [1.807, 2.05) is 44.4 Å². The quantitative estimate of drug-likeness (QED) is 0.922. The minimum atomic E-state index is -0.0674. The smallest absolute Gasteiger partial charge is 0.269 e. The third-order valence-corrected chi connectivity index (χ3v) is 3.40. The lowest BCUT2D eigenvalue weighted by molar-refractivity contribution is 0.0932. The number of hydrogen-bond donors (Lipinski definition) is 1. The van der Waals surface area contributed by atoms with Crippen LogP contribution in [0.5, 0.6) is 0 Å². The highest BCUT2D eigenvalue weighted by Gasteiger charge is 2.16. The van der Waals surface area contributed by atoms with E-state index in [1.54, 1.807) is 16.0 Å². The van der Waals surface area contributed by atoms with Gasteiger partial charge in [-0.1, -0.05) is 6.07 Å². The monoisotopic (exact) mass is 263 g/mol. The minimum Gasteiger partial charge on any atom is -0.349 e. The van der Waals surface area contributed by atoms with Crippen molar-refractivity contribution in [3.63, 3.8) is 0 Å². The van der Waals surface area contributed by atoms with E-state index in [1.165, 1.54) is 0 Å². The van der Waals surface area contributed by atoms with Crippen LogP contribution in [0.4, 0.5) is 0 Å². The van der Waals surface area contributed by atoms with Crippen molar-refractivity contribution in [1.29, 1.82) is 0 Å². The van der Waals surface area contributed by atoms with Gasteiger partial charge in [0.25, 0.3) is 5.91 Å². The molecule has 0 saturated heterocycles. The van der Waals surface area contributed by atoms with Crippen molar-refractivity contribution in [3.05, 3.63) is 29.3 Å². The SMILES string of the molecule is CCn1nc(-c2cccs2)cc1C(=O)NC(C)C. The maximum absolute atomic E-state index is 12.0. The summed E-state index contributed by atoms with van der Waals surface area (Å²) in [6.45, 7) is 6.57. The zero-order valence-corrected chi connectivity index (χ0v) is 11.6. The number of carbonyl (C=O) groups excluding carboxylic acids is 1.